The van der Waals surface area contributed by atoms with Crippen LogP contribution >= 0.6 is 11.6 Å². The maximum absolute atomic E-state index is 14.1. The Morgan fingerprint density at radius 3 is 2.61 bits per heavy atom. The van der Waals surface area contributed by atoms with Crippen molar-refractivity contribution in [3.05, 3.63) is 93.5 Å². The van der Waals surface area contributed by atoms with Gasteiger partial charge in [-0.15, -0.1) is 0 Å². The average molecular weight is 504 g/mol. The van der Waals surface area contributed by atoms with Crippen LogP contribution in [0, 0.1) is 35.9 Å². The highest BCUT2D eigenvalue weighted by Crippen LogP contribution is 2.51. The summed E-state index contributed by atoms with van der Waals surface area (Å²) in [5, 5.41) is 13.9. The van der Waals surface area contributed by atoms with Crippen LogP contribution < -0.4 is 5.32 Å². The SMILES string of the molecule is Cc1cc(C#CC2CC3(C2)CN(C)C3)cc(C(=O)NC(c2ccc(Cl)cc2)c2cc(F)ccc2O)n1. The normalized spacial score (nSPS) is 17.4. The molecule has 1 spiro atoms. The number of pyridine rings is 1. The molecule has 5 rings (SSSR count). The smallest absolute Gasteiger partial charge is 0.270 e. The minimum Gasteiger partial charge on any atom is -0.508 e. The first-order chi connectivity index (χ1) is 17.2. The molecular formula is C29H27ClFN3O2. The highest BCUT2D eigenvalue weighted by molar-refractivity contribution is 6.30. The number of amides is 1. The molecule has 2 heterocycles. The molecule has 2 fully saturated rings. The standard InChI is InChI=1S/C29H27ClFN3O2/c1-18-11-19(3-4-20-14-29(15-20)16-34(2)17-29)12-25(32-18)28(36)33-27(21-5-7-22(30)8-6-21)24-13-23(31)9-10-26(24)35/h5-13,20,27,35H,14-17H2,1-2H3,(H,33,36). The lowest BCUT2D eigenvalue weighted by Crippen LogP contribution is -2.60. The van der Waals surface area contributed by atoms with Gasteiger partial charge in [0.2, 0.25) is 0 Å². The quantitative estimate of drug-likeness (QED) is 0.486. The fourth-order valence-corrected chi connectivity index (χ4v) is 5.57. The molecule has 2 aromatic carbocycles. The highest BCUT2D eigenvalue weighted by atomic mass is 35.5. The Morgan fingerprint density at radius 1 is 1.19 bits per heavy atom. The van der Waals surface area contributed by atoms with E-state index in [1.807, 2.05) is 13.0 Å². The molecule has 2 N–H and O–H groups in total. The van der Waals surface area contributed by atoms with E-state index in [1.165, 1.54) is 18.2 Å². The number of aryl methyl sites for hydroxylation is 1. The van der Waals surface area contributed by atoms with E-state index in [2.05, 4.69) is 34.1 Å². The van der Waals surface area contributed by atoms with Crippen LogP contribution in [0.15, 0.2) is 54.6 Å². The van der Waals surface area contributed by atoms with Crippen LogP contribution in [0.25, 0.3) is 0 Å². The predicted molar refractivity (Wildman–Crippen MR) is 137 cm³/mol. The van der Waals surface area contributed by atoms with Crippen molar-refractivity contribution in [3.63, 3.8) is 0 Å². The average Bonchev–Trinajstić information content (AvgIpc) is 2.80. The van der Waals surface area contributed by atoms with Crippen molar-refractivity contribution in [2.45, 2.75) is 25.8 Å². The zero-order chi connectivity index (χ0) is 25.4. The molecule has 7 heteroatoms. The molecule has 1 saturated carbocycles. The van der Waals surface area contributed by atoms with Crippen LogP contribution in [0.2, 0.25) is 5.02 Å². The molecule has 3 aromatic rings. The number of rotatable bonds is 4. The van der Waals surface area contributed by atoms with Crippen LogP contribution in [0.5, 0.6) is 5.75 Å². The Kier molecular flexibility index (Phi) is 6.46. The van der Waals surface area contributed by atoms with Gasteiger partial charge in [-0.3, -0.25) is 4.79 Å². The van der Waals surface area contributed by atoms with Crippen molar-refractivity contribution < 1.29 is 14.3 Å². The number of benzene rings is 2. The van der Waals surface area contributed by atoms with Crippen LogP contribution in [0.3, 0.4) is 0 Å². The van der Waals surface area contributed by atoms with E-state index in [1.54, 1.807) is 30.3 Å². The van der Waals surface area contributed by atoms with Crippen molar-refractivity contribution in [3.8, 4) is 17.6 Å². The van der Waals surface area contributed by atoms with Gasteiger partial charge in [0.1, 0.15) is 17.3 Å². The van der Waals surface area contributed by atoms with Gasteiger partial charge in [0.25, 0.3) is 5.91 Å². The number of hydrogen-bond donors (Lipinski definition) is 2. The van der Waals surface area contributed by atoms with Gasteiger partial charge in [-0.2, -0.15) is 0 Å². The summed E-state index contributed by atoms with van der Waals surface area (Å²) in [5.74, 6) is 5.88. The van der Waals surface area contributed by atoms with Gasteiger partial charge >= 0.3 is 0 Å². The monoisotopic (exact) mass is 503 g/mol. The Morgan fingerprint density at radius 2 is 1.92 bits per heavy atom. The van der Waals surface area contributed by atoms with Gasteiger partial charge in [0, 0.05) is 40.9 Å². The molecule has 1 unspecified atom stereocenters. The molecule has 1 saturated heterocycles. The Labute approximate surface area is 215 Å². The van der Waals surface area contributed by atoms with Gasteiger partial charge in [-0.1, -0.05) is 35.6 Å². The molecule has 184 valence electrons. The van der Waals surface area contributed by atoms with Crippen molar-refractivity contribution in [2.24, 2.45) is 11.3 Å². The van der Waals surface area contributed by atoms with Gasteiger partial charge in [0.15, 0.2) is 0 Å². The number of phenolic OH excluding ortho intramolecular Hbond substituents is 1. The number of aromatic nitrogens is 1. The second-order valence-electron chi connectivity index (χ2n) is 10.1. The van der Waals surface area contributed by atoms with Crippen molar-refractivity contribution in [1.82, 2.24) is 15.2 Å². The summed E-state index contributed by atoms with van der Waals surface area (Å²) in [6.07, 6.45) is 2.25. The number of halogens is 2. The molecular weight excluding hydrogens is 477 g/mol. The van der Waals surface area contributed by atoms with E-state index < -0.39 is 17.8 Å². The molecule has 1 amide bonds. The predicted octanol–water partition coefficient (Wildman–Crippen LogP) is 5.10. The summed E-state index contributed by atoms with van der Waals surface area (Å²) in [5.41, 5.74) is 2.96. The molecule has 5 nitrogen and oxygen atoms in total. The number of hydrogen-bond acceptors (Lipinski definition) is 4. The highest BCUT2D eigenvalue weighted by Gasteiger charge is 2.50. The molecule has 1 aliphatic heterocycles. The Bertz CT molecular complexity index is 1370. The maximum atomic E-state index is 14.1. The van der Waals surface area contributed by atoms with E-state index in [0.29, 0.717) is 27.6 Å². The van der Waals surface area contributed by atoms with Crippen LogP contribution in [-0.2, 0) is 0 Å². The van der Waals surface area contributed by atoms with Crippen molar-refractivity contribution in [2.75, 3.05) is 20.1 Å². The second kappa shape index (κ2) is 9.57. The summed E-state index contributed by atoms with van der Waals surface area (Å²) < 4.78 is 14.1. The lowest BCUT2D eigenvalue weighted by molar-refractivity contribution is -0.0651. The number of nitrogens with one attached hydrogen (secondary N) is 1. The number of carbonyl (C=O) groups excluding carboxylic acids is 1. The summed E-state index contributed by atoms with van der Waals surface area (Å²) in [7, 11) is 2.14. The first kappa shape index (κ1) is 24.3. The lowest BCUT2D eigenvalue weighted by atomic mass is 9.58. The van der Waals surface area contributed by atoms with Gasteiger partial charge in [-0.25, -0.2) is 9.37 Å². The number of aromatic hydroxyl groups is 1. The van der Waals surface area contributed by atoms with Gasteiger partial charge in [0.05, 0.1) is 6.04 Å². The minimum atomic E-state index is -0.811. The van der Waals surface area contributed by atoms with E-state index in [0.717, 1.165) is 31.5 Å². The summed E-state index contributed by atoms with van der Waals surface area (Å²) >= 11 is 6.03. The molecule has 0 bridgehead atoms. The molecule has 36 heavy (non-hydrogen) atoms. The van der Waals surface area contributed by atoms with E-state index in [9.17, 15) is 14.3 Å². The molecule has 1 aliphatic carbocycles. The van der Waals surface area contributed by atoms with Crippen LogP contribution in [0.4, 0.5) is 4.39 Å². The van der Waals surface area contributed by atoms with Gasteiger partial charge < -0.3 is 15.3 Å². The Hall–Kier alpha value is -3.40. The third-order valence-corrected chi connectivity index (χ3v) is 7.21. The summed E-state index contributed by atoms with van der Waals surface area (Å²) in [4.78, 5) is 20.0. The van der Waals surface area contributed by atoms with Crippen molar-refractivity contribution >= 4 is 17.5 Å². The number of likely N-dealkylation sites (tertiary alicyclic amines) is 1. The first-order valence-electron chi connectivity index (χ1n) is 11.9. The molecule has 1 aromatic heterocycles. The van der Waals surface area contributed by atoms with Crippen LogP contribution in [-0.4, -0.2) is 41.0 Å². The number of nitrogens with zero attached hydrogens (tertiary/aromatic N) is 2. The van der Waals surface area contributed by atoms with E-state index in [-0.39, 0.29) is 17.0 Å². The second-order valence-corrected chi connectivity index (χ2v) is 10.5. The van der Waals surface area contributed by atoms with Gasteiger partial charge in [-0.05, 0) is 80.3 Å². The fourth-order valence-electron chi connectivity index (χ4n) is 5.44. The number of phenols is 1. The summed E-state index contributed by atoms with van der Waals surface area (Å²) in [6, 6.07) is 13.2. The number of carbonyl (C=O) groups is 1. The lowest BCUT2D eigenvalue weighted by Gasteiger charge is -2.57. The zero-order valence-electron chi connectivity index (χ0n) is 20.2. The molecule has 1 atom stereocenters. The van der Waals surface area contributed by atoms with E-state index in [4.69, 9.17) is 11.6 Å². The topological polar surface area (TPSA) is 65.5 Å². The largest absolute Gasteiger partial charge is 0.508 e. The van der Waals surface area contributed by atoms with E-state index >= 15 is 0 Å². The first-order valence-corrected chi connectivity index (χ1v) is 12.3. The summed E-state index contributed by atoms with van der Waals surface area (Å²) in [6.45, 7) is 4.12. The maximum Gasteiger partial charge on any atom is 0.270 e. The zero-order valence-corrected chi connectivity index (χ0v) is 20.9. The van der Waals surface area contributed by atoms with Crippen LogP contribution in [0.1, 0.15) is 51.8 Å². The molecule has 0 radical (unpaired) electrons. The third-order valence-electron chi connectivity index (χ3n) is 6.96. The Balaban J connectivity index is 1.38. The minimum absolute atomic E-state index is 0.128. The van der Waals surface area contributed by atoms with Crippen molar-refractivity contribution in [1.29, 1.82) is 0 Å². The third kappa shape index (κ3) is 5.09. The fraction of sp³-hybridized carbons (Fsp3) is 0.310. The molecule has 2 aliphatic rings.